The SMILES string of the molecule is CC(C)N1CCC(CN)(N(C)Cc2cccs2)C1. The zero-order chi connectivity index (χ0) is 13.2. The van der Waals surface area contributed by atoms with Crippen molar-refractivity contribution in [2.24, 2.45) is 5.73 Å². The summed E-state index contributed by atoms with van der Waals surface area (Å²) in [5.74, 6) is 0. The largest absolute Gasteiger partial charge is 0.329 e. The van der Waals surface area contributed by atoms with Gasteiger partial charge in [-0.15, -0.1) is 11.3 Å². The number of likely N-dealkylation sites (N-methyl/N-ethyl adjacent to an activating group) is 1. The molecule has 1 saturated heterocycles. The van der Waals surface area contributed by atoms with Crippen LogP contribution < -0.4 is 5.73 Å². The summed E-state index contributed by atoms with van der Waals surface area (Å²) >= 11 is 1.83. The topological polar surface area (TPSA) is 32.5 Å². The zero-order valence-electron chi connectivity index (χ0n) is 11.7. The first kappa shape index (κ1) is 14.0. The minimum atomic E-state index is 0.161. The Balaban J connectivity index is 2.04. The van der Waals surface area contributed by atoms with Crippen molar-refractivity contribution in [3.63, 3.8) is 0 Å². The van der Waals surface area contributed by atoms with Crippen molar-refractivity contribution < 1.29 is 0 Å². The Kier molecular flexibility index (Phi) is 4.43. The van der Waals surface area contributed by atoms with Crippen LogP contribution in [0.4, 0.5) is 0 Å². The van der Waals surface area contributed by atoms with Crippen molar-refractivity contribution in [2.45, 2.75) is 38.4 Å². The van der Waals surface area contributed by atoms with Gasteiger partial charge in [0.2, 0.25) is 0 Å². The van der Waals surface area contributed by atoms with Crippen molar-refractivity contribution >= 4 is 11.3 Å². The highest BCUT2D eigenvalue weighted by Gasteiger charge is 2.40. The smallest absolute Gasteiger partial charge is 0.0471 e. The Labute approximate surface area is 115 Å². The highest BCUT2D eigenvalue weighted by molar-refractivity contribution is 7.09. The van der Waals surface area contributed by atoms with E-state index in [1.54, 1.807) is 0 Å². The summed E-state index contributed by atoms with van der Waals surface area (Å²) in [5, 5.41) is 2.15. The van der Waals surface area contributed by atoms with E-state index in [0.29, 0.717) is 6.04 Å². The Hall–Kier alpha value is -0.420. The van der Waals surface area contributed by atoms with E-state index in [9.17, 15) is 0 Å². The molecular weight excluding hydrogens is 242 g/mol. The van der Waals surface area contributed by atoms with Gasteiger partial charge < -0.3 is 5.73 Å². The molecule has 2 rings (SSSR count). The van der Waals surface area contributed by atoms with E-state index in [0.717, 1.165) is 19.6 Å². The van der Waals surface area contributed by atoms with E-state index in [-0.39, 0.29) is 5.54 Å². The van der Waals surface area contributed by atoms with Crippen LogP contribution in [0.5, 0.6) is 0 Å². The van der Waals surface area contributed by atoms with E-state index in [1.807, 2.05) is 11.3 Å². The predicted octanol–water partition coefficient (Wildman–Crippen LogP) is 1.99. The number of hydrogen-bond donors (Lipinski definition) is 1. The Morgan fingerprint density at radius 3 is 2.83 bits per heavy atom. The van der Waals surface area contributed by atoms with Crippen LogP contribution >= 0.6 is 11.3 Å². The third-order valence-electron chi connectivity index (χ3n) is 4.25. The maximum atomic E-state index is 6.10. The molecule has 2 heterocycles. The molecule has 102 valence electrons. The fourth-order valence-corrected chi connectivity index (χ4v) is 3.52. The number of nitrogens with zero attached hydrogens (tertiary/aromatic N) is 2. The van der Waals surface area contributed by atoms with Crippen LogP contribution in [0.2, 0.25) is 0 Å². The van der Waals surface area contributed by atoms with Gasteiger partial charge in [0.1, 0.15) is 0 Å². The van der Waals surface area contributed by atoms with Gasteiger partial charge in [0.15, 0.2) is 0 Å². The minimum Gasteiger partial charge on any atom is -0.329 e. The van der Waals surface area contributed by atoms with Gasteiger partial charge in [-0.25, -0.2) is 0 Å². The summed E-state index contributed by atoms with van der Waals surface area (Å²) < 4.78 is 0. The molecule has 1 atom stereocenters. The molecule has 3 nitrogen and oxygen atoms in total. The molecule has 1 aliphatic rings. The van der Waals surface area contributed by atoms with Gasteiger partial charge in [-0.2, -0.15) is 0 Å². The third-order valence-corrected chi connectivity index (χ3v) is 5.12. The Morgan fingerprint density at radius 1 is 1.56 bits per heavy atom. The second-order valence-corrected chi connectivity index (χ2v) is 6.71. The van der Waals surface area contributed by atoms with Crippen molar-refractivity contribution in [2.75, 3.05) is 26.7 Å². The van der Waals surface area contributed by atoms with Crippen LogP contribution in [0.25, 0.3) is 0 Å². The van der Waals surface area contributed by atoms with Crippen LogP contribution in [0.1, 0.15) is 25.1 Å². The van der Waals surface area contributed by atoms with Crippen LogP contribution in [-0.4, -0.2) is 48.1 Å². The molecule has 4 heteroatoms. The summed E-state index contributed by atoms with van der Waals surface area (Å²) in [6.45, 7) is 8.57. The van der Waals surface area contributed by atoms with Gasteiger partial charge in [0.25, 0.3) is 0 Å². The minimum absolute atomic E-state index is 0.161. The standard InChI is InChI=1S/C14H25N3S/c1-12(2)17-7-6-14(10-15,11-17)16(3)9-13-5-4-8-18-13/h4-5,8,12H,6-7,9-11,15H2,1-3H3. The lowest BCUT2D eigenvalue weighted by molar-refractivity contribution is 0.117. The molecule has 0 spiro atoms. The summed E-state index contributed by atoms with van der Waals surface area (Å²) in [7, 11) is 2.22. The van der Waals surface area contributed by atoms with Crippen molar-refractivity contribution in [1.82, 2.24) is 9.80 Å². The lowest BCUT2D eigenvalue weighted by atomic mass is 9.96. The molecule has 2 N–H and O–H groups in total. The van der Waals surface area contributed by atoms with Crippen molar-refractivity contribution in [3.8, 4) is 0 Å². The number of thiophene rings is 1. The molecule has 18 heavy (non-hydrogen) atoms. The molecule has 1 unspecified atom stereocenters. The number of likely N-dealkylation sites (tertiary alicyclic amines) is 1. The van der Waals surface area contributed by atoms with E-state index in [2.05, 4.69) is 48.2 Å². The van der Waals surface area contributed by atoms with Crippen LogP contribution in [-0.2, 0) is 6.54 Å². The summed E-state index contributed by atoms with van der Waals surface area (Å²) in [6, 6.07) is 4.95. The fourth-order valence-electron chi connectivity index (χ4n) is 2.77. The first-order valence-corrected chi connectivity index (χ1v) is 7.63. The summed E-state index contributed by atoms with van der Waals surface area (Å²) in [6.07, 6.45) is 1.18. The normalized spacial score (nSPS) is 25.4. The highest BCUT2D eigenvalue weighted by atomic mass is 32.1. The summed E-state index contributed by atoms with van der Waals surface area (Å²) in [4.78, 5) is 6.42. The number of hydrogen-bond acceptors (Lipinski definition) is 4. The second-order valence-electron chi connectivity index (χ2n) is 5.68. The Morgan fingerprint density at radius 2 is 2.33 bits per heavy atom. The third kappa shape index (κ3) is 2.77. The lowest BCUT2D eigenvalue weighted by Crippen LogP contribution is -2.53. The van der Waals surface area contributed by atoms with Gasteiger partial charge in [0, 0.05) is 42.6 Å². The summed E-state index contributed by atoms with van der Waals surface area (Å²) in [5.41, 5.74) is 6.26. The van der Waals surface area contributed by atoms with Crippen molar-refractivity contribution in [1.29, 1.82) is 0 Å². The first-order valence-electron chi connectivity index (χ1n) is 6.75. The average molecular weight is 267 g/mol. The maximum absolute atomic E-state index is 6.10. The molecule has 1 aliphatic heterocycles. The van der Waals surface area contributed by atoms with Gasteiger partial charge in [-0.1, -0.05) is 6.07 Å². The van der Waals surface area contributed by atoms with E-state index in [1.165, 1.54) is 17.8 Å². The fraction of sp³-hybridized carbons (Fsp3) is 0.714. The monoisotopic (exact) mass is 267 g/mol. The van der Waals surface area contributed by atoms with Crippen LogP contribution in [0, 0.1) is 0 Å². The molecule has 0 aromatic carbocycles. The molecular formula is C14H25N3S. The predicted molar refractivity (Wildman–Crippen MR) is 78.9 cm³/mol. The Bertz CT molecular complexity index is 363. The molecule has 0 saturated carbocycles. The average Bonchev–Trinajstić information content (AvgIpc) is 2.97. The molecule has 1 fully saturated rings. The molecule has 0 bridgehead atoms. The van der Waals surface area contributed by atoms with Gasteiger partial charge in [-0.05, 0) is 38.8 Å². The van der Waals surface area contributed by atoms with Gasteiger partial charge >= 0.3 is 0 Å². The van der Waals surface area contributed by atoms with E-state index in [4.69, 9.17) is 5.73 Å². The van der Waals surface area contributed by atoms with Crippen LogP contribution in [0.3, 0.4) is 0 Å². The van der Waals surface area contributed by atoms with E-state index >= 15 is 0 Å². The quantitative estimate of drug-likeness (QED) is 0.885. The molecule has 1 aromatic heterocycles. The highest BCUT2D eigenvalue weighted by Crippen LogP contribution is 2.29. The van der Waals surface area contributed by atoms with Gasteiger partial charge in [-0.3, -0.25) is 9.80 Å². The van der Waals surface area contributed by atoms with Crippen molar-refractivity contribution in [3.05, 3.63) is 22.4 Å². The van der Waals surface area contributed by atoms with E-state index < -0.39 is 0 Å². The molecule has 1 aromatic rings. The van der Waals surface area contributed by atoms with Gasteiger partial charge in [0.05, 0.1) is 0 Å². The van der Waals surface area contributed by atoms with Crippen LogP contribution in [0.15, 0.2) is 17.5 Å². The lowest BCUT2D eigenvalue weighted by Gasteiger charge is -2.38. The zero-order valence-corrected chi connectivity index (χ0v) is 12.5. The molecule has 0 aliphatic carbocycles. The molecule has 0 amide bonds. The number of nitrogens with two attached hydrogens (primary N) is 1. The second kappa shape index (κ2) is 5.70. The number of rotatable bonds is 5. The molecule has 0 radical (unpaired) electrons. The first-order chi connectivity index (χ1) is 8.57. The maximum Gasteiger partial charge on any atom is 0.0471 e.